The molecular weight excluding hydrogens is 439 g/mol. The van der Waals surface area contributed by atoms with Gasteiger partial charge in [0.15, 0.2) is 5.69 Å². The molecule has 0 radical (unpaired) electrons. The van der Waals surface area contributed by atoms with Crippen LogP contribution in [0, 0.1) is 5.82 Å². The molecule has 0 saturated heterocycles. The molecule has 9 heteroatoms. The van der Waals surface area contributed by atoms with E-state index in [9.17, 15) is 14.3 Å². The first kappa shape index (κ1) is 23.6. The molecule has 1 heterocycles. The predicted molar refractivity (Wildman–Crippen MR) is 123 cm³/mol. The predicted octanol–water partition coefficient (Wildman–Crippen LogP) is 2.44. The maximum atomic E-state index is 13.6. The van der Waals surface area contributed by atoms with E-state index in [4.69, 9.17) is 9.47 Å². The number of halogens is 1. The molecule has 4 atom stereocenters. The smallest absolute Gasteiger partial charge is 0.272 e. The fourth-order valence-electron chi connectivity index (χ4n) is 4.32. The zero-order chi connectivity index (χ0) is 24.1. The van der Waals surface area contributed by atoms with E-state index in [1.54, 1.807) is 31.4 Å². The number of aliphatic hydroxyl groups excluding tert-OH is 1. The molecule has 1 fully saturated rings. The number of benzene rings is 2. The molecule has 178 valence electrons. The molecule has 3 aromatic rings. The van der Waals surface area contributed by atoms with Gasteiger partial charge in [0.2, 0.25) is 0 Å². The van der Waals surface area contributed by atoms with Crippen LogP contribution in [0.1, 0.15) is 22.5 Å². The Morgan fingerprint density at radius 2 is 1.97 bits per heavy atom. The first-order valence-electron chi connectivity index (χ1n) is 11.0. The van der Waals surface area contributed by atoms with Gasteiger partial charge in [-0.25, -0.2) is 4.39 Å². The summed E-state index contributed by atoms with van der Waals surface area (Å²) in [5, 5.41) is 21.8. The second kappa shape index (κ2) is 10.6. The van der Waals surface area contributed by atoms with Crippen molar-refractivity contribution in [2.45, 2.75) is 37.3 Å². The van der Waals surface area contributed by atoms with Crippen molar-refractivity contribution in [3.05, 3.63) is 83.9 Å². The maximum absolute atomic E-state index is 13.6. The van der Waals surface area contributed by atoms with Crippen molar-refractivity contribution in [2.75, 3.05) is 14.2 Å². The molecule has 0 bridgehead atoms. The quantitative estimate of drug-likeness (QED) is 0.526. The molecule has 34 heavy (non-hydrogen) atoms. The minimum atomic E-state index is -0.932. The number of ether oxygens (including phenoxy) is 2. The lowest BCUT2D eigenvalue weighted by Gasteiger charge is -2.32. The van der Waals surface area contributed by atoms with Gasteiger partial charge >= 0.3 is 0 Å². The Morgan fingerprint density at radius 3 is 2.65 bits per heavy atom. The van der Waals surface area contributed by atoms with Crippen molar-refractivity contribution < 1.29 is 23.8 Å². The van der Waals surface area contributed by atoms with Crippen LogP contribution in [-0.4, -0.2) is 64.6 Å². The average Bonchev–Trinajstić information content (AvgIpc) is 3.14. The van der Waals surface area contributed by atoms with Crippen LogP contribution in [0.4, 0.5) is 4.39 Å². The molecule has 0 unspecified atom stereocenters. The van der Waals surface area contributed by atoms with Crippen LogP contribution < -0.4 is 14.8 Å². The lowest BCUT2D eigenvalue weighted by Crippen LogP contribution is -2.52. The maximum Gasteiger partial charge on any atom is 0.272 e. The van der Waals surface area contributed by atoms with Gasteiger partial charge in [0.1, 0.15) is 29.5 Å². The molecule has 4 rings (SSSR count). The van der Waals surface area contributed by atoms with E-state index in [0.29, 0.717) is 18.7 Å². The number of likely N-dealkylation sites (N-methyl/N-ethyl adjacent to an activating group) is 1. The number of rotatable bonds is 8. The van der Waals surface area contributed by atoms with Gasteiger partial charge in [0.05, 0.1) is 19.2 Å². The number of carbonyl (C=O) groups excluding carboxylic acids is 1. The second-order valence-corrected chi connectivity index (χ2v) is 8.28. The van der Waals surface area contributed by atoms with Crippen LogP contribution in [0.2, 0.25) is 0 Å². The Hall–Kier alpha value is -3.56. The Labute approximate surface area is 197 Å². The van der Waals surface area contributed by atoms with Crippen molar-refractivity contribution in [3.63, 3.8) is 0 Å². The zero-order valence-corrected chi connectivity index (χ0v) is 19.0. The number of nitrogens with zero attached hydrogens (tertiary/aromatic N) is 3. The Bertz CT molecular complexity index is 1100. The molecule has 0 spiro atoms. The van der Waals surface area contributed by atoms with E-state index in [2.05, 4.69) is 15.5 Å². The molecule has 1 saturated carbocycles. The van der Waals surface area contributed by atoms with Crippen LogP contribution >= 0.6 is 0 Å². The molecule has 8 nitrogen and oxygen atoms in total. The number of carbonyl (C=O) groups is 1. The summed E-state index contributed by atoms with van der Waals surface area (Å²) in [6.07, 6.45) is 0.252. The van der Waals surface area contributed by atoms with E-state index >= 15 is 0 Å². The standard InChI is InChI=1S/C25H27FN4O4/c1-30(15-16-8-10-18(33-2)11-9-16)23-21(28-25(32)20-7-4-12-27-29-20)14-22(24(23)31)34-19-6-3-5-17(26)13-19/h3-13,21-24,31H,14-15H2,1-2H3,(H,28,32)/t21-,22-,23+,24+/m1/s1. The topological polar surface area (TPSA) is 96.8 Å². The van der Waals surface area contributed by atoms with E-state index < -0.39 is 30.1 Å². The first-order valence-corrected chi connectivity index (χ1v) is 11.0. The number of nitrogens with one attached hydrogen (secondary N) is 1. The van der Waals surface area contributed by atoms with Crippen LogP contribution in [0.5, 0.6) is 11.5 Å². The second-order valence-electron chi connectivity index (χ2n) is 8.28. The highest BCUT2D eigenvalue weighted by molar-refractivity contribution is 5.92. The van der Waals surface area contributed by atoms with Crippen molar-refractivity contribution in [3.8, 4) is 11.5 Å². The van der Waals surface area contributed by atoms with Gasteiger partial charge in [0, 0.05) is 25.2 Å². The highest BCUT2D eigenvalue weighted by Gasteiger charge is 2.46. The van der Waals surface area contributed by atoms with E-state index in [-0.39, 0.29) is 11.6 Å². The summed E-state index contributed by atoms with van der Waals surface area (Å²) in [6, 6.07) is 15.7. The van der Waals surface area contributed by atoms with Gasteiger partial charge in [0.25, 0.3) is 5.91 Å². The lowest BCUT2D eigenvalue weighted by atomic mass is 10.1. The Morgan fingerprint density at radius 1 is 1.18 bits per heavy atom. The summed E-state index contributed by atoms with van der Waals surface area (Å²) in [6.45, 7) is 0.524. The summed E-state index contributed by atoms with van der Waals surface area (Å²) in [5.41, 5.74) is 1.20. The van der Waals surface area contributed by atoms with Gasteiger partial charge in [-0.1, -0.05) is 18.2 Å². The molecule has 2 N–H and O–H groups in total. The molecule has 0 aliphatic heterocycles. The van der Waals surface area contributed by atoms with Gasteiger partial charge in [-0.3, -0.25) is 9.69 Å². The summed E-state index contributed by atoms with van der Waals surface area (Å²) in [4.78, 5) is 14.8. The van der Waals surface area contributed by atoms with E-state index in [0.717, 1.165) is 11.3 Å². The number of amides is 1. The molecule has 1 aliphatic carbocycles. The van der Waals surface area contributed by atoms with Crippen molar-refractivity contribution in [2.24, 2.45) is 0 Å². The summed E-state index contributed by atoms with van der Waals surface area (Å²) >= 11 is 0. The number of aliphatic hydroxyl groups is 1. The third kappa shape index (κ3) is 5.49. The molecule has 1 aliphatic rings. The Kier molecular flexibility index (Phi) is 7.34. The molecule has 1 amide bonds. The van der Waals surface area contributed by atoms with Crippen LogP contribution in [0.3, 0.4) is 0 Å². The van der Waals surface area contributed by atoms with Crippen LogP contribution in [0.25, 0.3) is 0 Å². The van der Waals surface area contributed by atoms with Gasteiger partial charge in [-0.15, -0.1) is 5.10 Å². The number of aromatic nitrogens is 2. The largest absolute Gasteiger partial charge is 0.497 e. The normalized spacial score (nSPS) is 21.9. The fraction of sp³-hybridized carbons (Fsp3) is 0.320. The van der Waals surface area contributed by atoms with E-state index in [1.807, 2.05) is 36.2 Å². The van der Waals surface area contributed by atoms with Crippen LogP contribution in [-0.2, 0) is 6.54 Å². The molecule has 2 aromatic carbocycles. The summed E-state index contributed by atoms with van der Waals surface area (Å²) in [5.74, 6) is 0.261. The summed E-state index contributed by atoms with van der Waals surface area (Å²) in [7, 11) is 3.49. The first-order chi connectivity index (χ1) is 16.4. The molecule has 1 aromatic heterocycles. The number of hydrogen-bond donors (Lipinski definition) is 2. The van der Waals surface area contributed by atoms with Gasteiger partial charge in [-0.2, -0.15) is 5.10 Å². The third-order valence-electron chi connectivity index (χ3n) is 5.93. The summed E-state index contributed by atoms with van der Waals surface area (Å²) < 4.78 is 24.8. The SMILES string of the molecule is COc1ccc(CN(C)[C@@H]2[C@@H](O)[C@H](Oc3cccc(F)c3)C[C@H]2NC(=O)c2cccnn2)cc1. The third-order valence-corrected chi connectivity index (χ3v) is 5.93. The van der Waals surface area contributed by atoms with Crippen molar-refractivity contribution in [1.29, 1.82) is 0 Å². The highest BCUT2D eigenvalue weighted by atomic mass is 19.1. The van der Waals surface area contributed by atoms with E-state index in [1.165, 1.54) is 18.3 Å². The Balaban J connectivity index is 1.54. The van der Waals surface area contributed by atoms with Crippen molar-refractivity contribution >= 4 is 5.91 Å². The van der Waals surface area contributed by atoms with Crippen molar-refractivity contribution in [1.82, 2.24) is 20.4 Å². The van der Waals surface area contributed by atoms with Gasteiger partial charge in [-0.05, 0) is 49.0 Å². The van der Waals surface area contributed by atoms with Crippen LogP contribution in [0.15, 0.2) is 66.9 Å². The zero-order valence-electron chi connectivity index (χ0n) is 19.0. The monoisotopic (exact) mass is 466 g/mol. The molecular formula is C25H27FN4O4. The highest BCUT2D eigenvalue weighted by Crippen LogP contribution is 2.30. The fourth-order valence-corrected chi connectivity index (χ4v) is 4.32. The minimum Gasteiger partial charge on any atom is -0.497 e. The minimum absolute atomic E-state index is 0.183. The van der Waals surface area contributed by atoms with Gasteiger partial charge < -0.3 is 19.9 Å². The number of hydrogen-bond acceptors (Lipinski definition) is 7. The average molecular weight is 467 g/mol. The number of methoxy groups -OCH3 is 1. The lowest BCUT2D eigenvalue weighted by molar-refractivity contribution is 0.0124.